The number of nitrogens with zero attached hydrogens (tertiary/aromatic N) is 4. The highest BCUT2D eigenvalue weighted by Gasteiger charge is 2.07. The third-order valence-electron chi connectivity index (χ3n) is 4.55. The summed E-state index contributed by atoms with van der Waals surface area (Å²) >= 11 is 0. The number of aromatic nitrogens is 3. The molecule has 0 fully saturated rings. The van der Waals surface area contributed by atoms with Gasteiger partial charge < -0.3 is 15.4 Å². The Bertz CT molecular complexity index is 1020. The molecule has 0 unspecified atom stereocenters. The van der Waals surface area contributed by atoms with E-state index in [0.29, 0.717) is 18.2 Å². The minimum absolute atomic E-state index is 0.355. The Kier molecular flexibility index (Phi) is 7.98. The first-order valence-electron chi connectivity index (χ1n) is 10.5. The molecule has 2 aromatic heterocycles. The summed E-state index contributed by atoms with van der Waals surface area (Å²) < 4.78 is 21.2. The number of nitrogens with one attached hydrogen (secondary N) is 2. The van der Waals surface area contributed by atoms with E-state index in [1.54, 1.807) is 18.3 Å². The molecule has 7 nitrogen and oxygen atoms in total. The zero-order chi connectivity index (χ0) is 22.1. The van der Waals surface area contributed by atoms with Gasteiger partial charge in [-0.15, -0.1) is 0 Å². The van der Waals surface area contributed by atoms with E-state index in [0.717, 1.165) is 43.3 Å². The van der Waals surface area contributed by atoms with Gasteiger partial charge >= 0.3 is 0 Å². The molecule has 0 aliphatic rings. The van der Waals surface area contributed by atoms with E-state index in [2.05, 4.69) is 38.7 Å². The zero-order valence-electron chi connectivity index (χ0n) is 18.2. The summed E-state index contributed by atoms with van der Waals surface area (Å²) in [5, 5.41) is 11.1. The Morgan fingerprint density at radius 3 is 2.77 bits per heavy atom. The van der Waals surface area contributed by atoms with Crippen LogP contribution in [0.15, 0.2) is 53.7 Å². The Morgan fingerprint density at radius 2 is 2.03 bits per heavy atom. The summed E-state index contributed by atoms with van der Waals surface area (Å²) in [4.78, 5) is 8.93. The predicted octanol–water partition coefficient (Wildman–Crippen LogP) is 3.97. The van der Waals surface area contributed by atoms with Crippen LogP contribution in [0.25, 0.3) is 0 Å². The second kappa shape index (κ2) is 11.1. The fourth-order valence-electron chi connectivity index (χ4n) is 3.12. The van der Waals surface area contributed by atoms with E-state index in [4.69, 9.17) is 4.74 Å². The lowest BCUT2D eigenvalue weighted by molar-refractivity contribution is 0.452. The molecule has 8 heteroatoms. The van der Waals surface area contributed by atoms with Crippen LogP contribution in [0, 0.1) is 19.7 Å². The van der Waals surface area contributed by atoms with Crippen molar-refractivity contribution in [3.05, 3.63) is 71.4 Å². The molecule has 0 saturated heterocycles. The second-order valence-corrected chi connectivity index (χ2v) is 7.15. The van der Waals surface area contributed by atoms with Crippen molar-refractivity contribution in [3.63, 3.8) is 0 Å². The molecule has 0 bridgehead atoms. The Balaban J connectivity index is 1.59. The van der Waals surface area contributed by atoms with Crippen molar-refractivity contribution >= 4 is 5.96 Å². The molecule has 0 amide bonds. The highest BCUT2D eigenvalue weighted by Crippen LogP contribution is 2.23. The minimum Gasteiger partial charge on any atom is -0.439 e. The van der Waals surface area contributed by atoms with Crippen molar-refractivity contribution in [1.29, 1.82) is 0 Å². The average molecular weight is 425 g/mol. The molecule has 1 aromatic carbocycles. The maximum Gasteiger partial charge on any atom is 0.224 e. The van der Waals surface area contributed by atoms with E-state index in [1.807, 2.05) is 30.7 Å². The van der Waals surface area contributed by atoms with Crippen molar-refractivity contribution in [2.75, 3.05) is 13.1 Å². The van der Waals surface area contributed by atoms with E-state index >= 15 is 0 Å². The molecule has 3 aromatic rings. The Labute approximate surface area is 182 Å². The molecule has 2 N–H and O–H groups in total. The van der Waals surface area contributed by atoms with Crippen molar-refractivity contribution in [1.82, 2.24) is 25.4 Å². The summed E-state index contributed by atoms with van der Waals surface area (Å²) in [7, 11) is 0. The summed E-state index contributed by atoms with van der Waals surface area (Å²) in [6, 6.07) is 11.8. The molecule has 164 valence electrons. The SMILES string of the molecule is CCNC(=NCc1cccnc1Oc1cccc(F)c1)NCCCn1nc(C)cc1C. The van der Waals surface area contributed by atoms with E-state index in [-0.39, 0.29) is 5.82 Å². The molecule has 3 rings (SSSR count). The first-order valence-corrected chi connectivity index (χ1v) is 10.5. The normalized spacial score (nSPS) is 11.4. The first kappa shape index (κ1) is 22.3. The van der Waals surface area contributed by atoms with Crippen LogP contribution in [-0.2, 0) is 13.1 Å². The molecule has 31 heavy (non-hydrogen) atoms. The van der Waals surface area contributed by atoms with Crippen LogP contribution in [-0.4, -0.2) is 33.8 Å². The van der Waals surface area contributed by atoms with Crippen molar-refractivity contribution in [2.24, 2.45) is 4.99 Å². The largest absolute Gasteiger partial charge is 0.439 e. The fourth-order valence-corrected chi connectivity index (χ4v) is 3.12. The minimum atomic E-state index is -0.355. The second-order valence-electron chi connectivity index (χ2n) is 7.15. The number of aliphatic imine (C=N–C) groups is 1. The van der Waals surface area contributed by atoms with Gasteiger partial charge in [0.15, 0.2) is 5.96 Å². The highest BCUT2D eigenvalue weighted by molar-refractivity contribution is 5.79. The first-order chi connectivity index (χ1) is 15.0. The maximum absolute atomic E-state index is 13.4. The van der Waals surface area contributed by atoms with Crippen molar-refractivity contribution in [2.45, 2.75) is 40.3 Å². The van der Waals surface area contributed by atoms with Crippen molar-refractivity contribution in [3.8, 4) is 11.6 Å². The molecule has 0 spiro atoms. The van der Waals surface area contributed by atoms with Crippen LogP contribution in [0.3, 0.4) is 0 Å². The van der Waals surface area contributed by atoms with E-state index < -0.39 is 0 Å². The third kappa shape index (κ3) is 6.80. The number of pyridine rings is 1. The van der Waals surface area contributed by atoms with Gasteiger partial charge in [-0.25, -0.2) is 14.4 Å². The number of aryl methyl sites for hydroxylation is 3. The van der Waals surface area contributed by atoms with E-state index in [9.17, 15) is 4.39 Å². The van der Waals surface area contributed by atoms with Gasteiger partial charge in [-0.3, -0.25) is 4.68 Å². The zero-order valence-corrected chi connectivity index (χ0v) is 18.2. The van der Waals surface area contributed by atoms with Gasteiger partial charge in [0.25, 0.3) is 0 Å². The lowest BCUT2D eigenvalue weighted by Gasteiger charge is -2.13. The van der Waals surface area contributed by atoms with Crippen LogP contribution in [0.5, 0.6) is 11.6 Å². The molecule has 0 saturated carbocycles. The molecule has 0 aliphatic carbocycles. The number of hydrogen-bond acceptors (Lipinski definition) is 4. The third-order valence-corrected chi connectivity index (χ3v) is 4.55. The number of halogens is 1. The monoisotopic (exact) mass is 424 g/mol. The van der Waals surface area contributed by atoms with Gasteiger partial charge in [0, 0.05) is 43.2 Å². The summed E-state index contributed by atoms with van der Waals surface area (Å²) in [6.07, 6.45) is 2.57. The molecule has 0 radical (unpaired) electrons. The summed E-state index contributed by atoms with van der Waals surface area (Å²) in [6.45, 7) is 8.84. The van der Waals surface area contributed by atoms with Crippen molar-refractivity contribution < 1.29 is 9.13 Å². The number of benzene rings is 1. The van der Waals surface area contributed by atoms with Gasteiger partial charge in [0.2, 0.25) is 5.88 Å². The average Bonchev–Trinajstić information content (AvgIpc) is 3.07. The Morgan fingerprint density at radius 1 is 1.16 bits per heavy atom. The number of hydrogen-bond donors (Lipinski definition) is 2. The lowest BCUT2D eigenvalue weighted by Crippen LogP contribution is -2.38. The maximum atomic E-state index is 13.4. The van der Waals surface area contributed by atoms with E-state index in [1.165, 1.54) is 17.8 Å². The van der Waals surface area contributed by atoms with Gasteiger partial charge in [-0.2, -0.15) is 5.10 Å². The Hall–Kier alpha value is -3.42. The molecule has 0 atom stereocenters. The standard InChI is InChI=1S/C23H29FN6O/c1-4-25-23(27-12-7-13-30-18(3)14-17(2)29-30)28-16-19-8-6-11-26-22(19)31-21-10-5-9-20(24)15-21/h5-6,8-11,14-15H,4,7,12-13,16H2,1-3H3,(H2,25,27,28). The van der Waals surface area contributed by atoms with Crippen LogP contribution in [0.4, 0.5) is 4.39 Å². The quantitative estimate of drug-likeness (QED) is 0.309. The molecular formula is C23H29FN6O. The number of guanidine groups is 1. The fraction of sp³-hybridized carbons (Fsp3) is 0.348. The smallest absolute Gasteiger partial charge is 0.224 e. The number of ether oxygens (including phenoxy) is 1. The predicted molar refractivity (Wildman–Crippen MR) is 120 cm³/mol. The molecule has 2 heterocycles. The van der Waals surface area contributed by atoms with Gasteiger partial charge in [0.1, 0.15) is 11.6 Å². The molecule has 0 aliphatic heterocycles. The van der Waals surface area contributed by atoms with Crippen LogP contribution >= 0.6 is 0 Å². The molecular weight excluding hydrogens is 395 g/mol. The van der Waals surface area contributed by atoms with Crippen LogP contribution < -0.4 is 15.4 Å². The lowest BCUT2D eigenvalue weighted by atomic mass is 10.2. The van der Waals surface area contributed by atoms with Gasteiger partial charge in [-0.1, -0.05) is 12.1 Å². The summed E-state index contributed by atoms with van der Waals surface area (Å²) in [5.74, 6) is 1.18. The van der Waals surface area contributed by atoms with Crippen LogP contribution in [0.2, 0.25) is 0 Å². The topological polar surface area (TPSA) is 76.4 Å². The van der Waals surface area contributed by atoms with Gasteiger partial charge in [-0.05, 0) is 51.5 Å². The highest BCUT2D eigenvalue weighted by atomic mass is 19.1. The van der Waals surface area contributed by atoms with Crippen LogP contribution in [0.1, 0.15) is 30.3 Å². The van der Waals surface area contributed by atoms with Gasteiger partial charge in [0.05, 0.1) is 12.2 Å². The number of rotatable bonds is 9. The summed E-state index contributed by atoms with van der Waals surface area (Å²) in [5.41, 5.74) is 3.01.